The number of rotatable bonds is 3. The Morgan fingerprint density at radius 2 is 1.90 bits per heavy atom. The number of aryl methyl sites for hydroxylation is 1. The fourth-order valence-electron chi connectivity index (χ4n) is 2.61. The van der Waals surface area contributed by atoms with Crippen LogP contribution in [-0.2, 0) is 4.79 Å². The first-order valence-corrected chi connectivity index (χ1v) is 6.87. The molecule has 0 aliphatic heterocycles. The fourth-order valence-corrected chi connectivity index (χ4v) is 2.61. The molecule has 1 aromatic rings. The van der Waals surface area contributed by atoms with Gasteiger partial charge in [-0.05, 0) is 56.4 Å². The molecule has 1 aliphatic carbocycles. The Hall–Kier alpha value is -1.88. The van der Waals surface area contributed by atoms with E-state index in [0.717, 1.165) is 25.7 Å². The Morgan fingerprint density at radius 3 is 2.45 bits per heavy atom. The average molecular weight is 276 g/mol. The van der Waals surface area contributed by atoms with Crippen LogP contribution >= 0.6 is 0 Å². The predicted molar refractivity (Wildman–Crippen MR) is 76.7 cm³/mol. The van der Waals surface area contributed by atoms with E-state index in [0.29, 0.717) is 11.3 Å². The molecule has 108 valence electrons. The van der Waals surface area contributed by atoms with E-state index in [9.17, 15) is 9.59 Å². The van der Waals surface area contributed by atoms with E-state index >= 15 is 0 Å². The lowest BCUT2D eigenvalue weighted by Crippen LogP contribution is -2.32. The van der Waals surface area contributed by atoms with E-state index < -0.39 is 5.97 Å². The number of nitrogens with two attached hydrogens (primary N) is 1. The Labute approximate surface area is 118 Å². The normalized spacial score (nSPS) is 22.3. The molecule has 1 aliphatic rings. The van der Waals surface area contributed by atoms with Crippen molar-refractivity contribution >= 4 is 17.6 Å². The van der Waals surface area contributed by atoms with Gasteiger partial charge >= 0.3 is 5.97 Å². The maximum atomic E-state index is 12.1. The Morgan fingerprint density at radius 1 is 1.25 bits per heavy atom. The highest BCUT2D eigenvalue weighted by atomic mass is 16.4. The lowest BCUT2D eigenvalue weighted by Gasteiger charge is -2.25. The Kier molecular flexibility index (Phi) is 4.39. The molecule has 4 N–H and O–H groups in total. The van der Waals surface area contributed by atoms with Gasteiger partial charge in [-0.25, -0.2) is 4.79 Å². The third-order valence-electron chi connectivity index (χ3n) is 3.87. The summed E-state index contributed by atoms with van der Waals surface area (Å²) in [6.07, 6.45) is 3.41. The Bertz CT molecular complexity index is 520. The van der Waals surface area contributed by atoms with Gasteiger partial charge in [0.1, 0.15) is 0 Å². The number of anilines is 1. The topological polar surface area (TPSA) is 92.4 Å². The van der Waals surface area contributed by atoms with E-state index in [1.54, 1.807) is 19.1 Å². The summed E-state index contributed by atoms with van der Waals surface area (Å²) in [7, 11) is 0. The number of benzene rings is 1. The number of hydrogen-bond acceptors (Lipinski definition) is 3. The molecule has 1 aromatic carbocycles. The molecule has 5 nitrogen and oxygen atoms in total. The van der Waals surface area contributed by atoms with Crippen molar-refractivity contribution in [1.82, 2.24) is 0 Å². The molecule has 0 saturated heterocycles. The quantitative estimate of drug-likeness (QED) is 0.788. The summed E-state index contributed by atoms with van der Waals surface area (Å²) in [5.41, 5.74) is 7.37. The van der Waals surface area contributed by atoms with Crippen LogP contribution in [0.25, 0.3) is 0 Å². The smallest absolute Gasteiger partial charge is 0.335 e. The second kappa shape index (κ2) is 6.05. The van der Waals surface area contributed by atoms with Crippen LogP contribution in [-0.4, -0.2) is 23.0 Å². The number of carboxylic acid groups (broad SMARTS) is 1. The van der Waals surface area contributed by atoms with Gasteiger partial charge in [-0.3, -0.25) is 4.79 Å². The molecule has 0 radical (unpaired) electrons. The van der Waals surface area contributed by atoms with Gasteiger partial charge in [-0.15, -0.1) is 0 Å². The summed E-state index contributed by atoms with van der Waals surface area (Å²) in [6, 6.07) is 5.05. The number of carboxylic acids is 1. The number of nitrogens with one attached hydrogen (secondary N) is 1. The first kappa shape index (κ1) is 14.5. The van der Waals surface area contributed by atoms with Crippen LogP contribution < -0.4 is 11.1 Å². The first-order valence-electron chi connectivity index (χ1n) is 6.87. The fraction of sp³-hybridized carbons (Fsp3) is 0.467. The molecule has 0 bridgehead atoms. The van der Waals surface area contributed by atoms with Crippen molar-refractivity contribution in [3.05, 3.63) is 29.3 Å². The summed E-state index contributed by atoms with van der Waals surface area (Å²) in [5, 5.41) is 11.8. The zero-order chi connectivity index (χ0) is 14.7. The van der Waals surface area contributed by atoms with E-state index in [4.69, 9.17) is 10.8 Å². The minimum Gasteiger partial charge on any atom is -0.478 e. The van der Waals surface area contributed by atoms with Crippen molar-refractivity contribution in [1.29, 1.82) is 0 Å². The molecule has 1 amide bonds. The van der Waals surface area contributed by atoms with Crippen LogP contribution in [0.3, 0.4) is 0 Å². The monoisotopic (exact) mass is 276 g/mol. The third kappa shape index (κ3) is 3.36. The Balaban J connectivity index is 2.01. The molecule has 0 unspecified atom stereocenters. The van der Waals surface area contributed by atoms with E-state index in [1.807, 2.05) is 0 Å². The zero-order valence-electron chi connectivity index (χ0n) is 11.6. The molecule has 20 heavy (non-hydrogen) atoms. The van der Waals surface area contributed by atoms with Crippen LogP contribution in [0.15, 0.2) is 18.2 Å². The summed E-state index contributed by atoms with van der Waals surface area (Å²) in [5.74, 6) is -0.949. The average Bonchev–Trinajstić information content (AvgIpc) is 2.39. The van der Waals surface area contributed by atoms with Crippen molar-refractivity contribution in [3.8, 4) is 0 Å². The number of carbonyl (C=O) groups is 2. The molecule has 1 saturated carbocycles. The van der Waals surface area contributed by atoms with E-state index in [-0.39, 0.29) is 23.4 Å². The van der Waals surface area contributed by atoms with Crippen LogP contribution in [0.4, 0.5) is 5.69 Å². The van der Waals surface area contributed by atoms with Gasteiger partial charge < -0.3 is 16.2 Å². The van der Waals surface area contributed by atoms with Gasteiger partial charge in [0, 0.05) is 17.6 Å². The first-order chi connectivity index (χ1) is 9.47. The lowest BCUT2D eigenvalue weighted by molar-refractivity contribution is -0.120. The maximum Gasteiger partial charge on any atom is 0.335 e. The van der Waals surface area contributed by atoms with Crippen LogP contribution in [0.2, 0.25) is 0 Å². The van der Waals surface area contributed by atoms with Gasteiger partial charge in [-0.2, -0.15) is 0 Å². The van der Waals surface area contributed by atoms with E-state index in [2.05, 4.69) is 5.32 Å². The van der Waals surface area contributed by atoms with Crippen molar-refractivity contribution in [2.45, 2.75) is 38.6 Å². The molecule has 1 fully saturated rings. The summed E-state index contributed by atoms with van der Waals surface area (Å²) in [6.45, 7) is 1.72. The molecule has 2 rings (SSSR count). The second-order valence-electron chi connectivity index (χ2n) is 5.44. The van der Waals surface area contributed by atoms with Gasteiger partial charge in [0.2, 0.25) is 5.91 Å². The second-order valence-corrected chi connectivity index (χ2v) is 5.44. The van der Waals surface area contributed by atoms with Crippen molar-refractivity contribution in [2.24, 2.45) is 11.7 Å². The standard InChI is InChI=1S/C15H20N2O3/c1-9-8-12(6-7-13(9)15(19)20)17-14(18)10-2-4-11(16)5-3-10/h6-8,10-11H,2-5,16H2,1H3,(H,17,18)(H,19,20). The highest BCUT2D eigenvalue weighted by molar-refractivity contribution is 5.94. The zero-order valence-corrected chi connectivity index (χ0v) is 11.6. The van der Waals surface area contributed by atoms with Crippen LogP contribution in [0, 0.1) is 12.8 Å². The molecule has 0 heterocycles. The summed E-state index contributed by atoms with van der Waals surface area (Å²) >= 11 is 0. The van der Waals surface area contributed by atoms with Crippen molar-refractivity contribution in [2.75, 3.05) is 5.32 Å². The molecule has 0 aromatic heterocycles. The molecular formula is C15H20N2O3. The number of aromatic carboxylic acids is 1. The van der Waals surface area contributed by atoms with Crippen LogP contribution in [0.1, 0.15) is 41.6 Å². The van der Waals surface area contributed by atoms with Gasteiger partial charge in [0.15, 0.2) is 0 Å². The highest BCUT2D eigenvalue weighted by Crippen LogP contribution is 2.25. The SMILES string of the molecule is Cc1cc(NC(=O)C2CCC(N)CC2)ccc1C(=O)O. The number of carbonyl (C=O) groups excluding carboxylic acids is 1. The highest BCUT2D eigenvalue weighted by Gasteiger charge is 2.24. The van der Waals surface area contributed by atoms with Gasteiger partial charge in [0.25, 0.3) is 0 Å². The molecule has 0 spiro atoms. The van der Waals surface area contributed by atoms with Crippen molar-refractivity contribution < 1.29 is 14.7 Å². The summed E-state index contributed by atoms with van der Waals surface area (Å²) < 4.78 is 0. The maximum absolute atomic E-state index is 12.1. The van der Waals surface area contributed by atoms with Crippen LogP contribution in [0.5, 0.6) is 0 Å². The van der Waals surface area contributed by atoms with E-state index in [1.165, 1.54) is 6.07 Å². The van der Waals surface area contributed by atoms with Gasteiger partial charge in [-0.1, -0.05) is 0 Å². The summed E-state index contributed by atoms with van der Waals surface area (Å²) in [4.78, 5) is 23.1. The minimum atomic E-state index is -0.957. The largest absolute Gasteiger partial charge is 0.478 e. The molecular weight excluding hydrogens is 256 g/mol. The lowest BCUT2D eigenvalue weighted by atomic mass is 9.86. The molecule has 5 heteroatoms. The minimum absolute atomic E-state index is 0.000579. The van der Waals surface area contributed by atoms with Gasteiger partial charge in [0.05, 0.1) is 5.56 Å². The third-order valence-corrected chi connectivity index (χ3v) is 3.87. The van der Waals surface area contributed by atoms with Crippen molar-refractivity contribution in [3.63, 3.8) is 0 Å². The molecule has 0 atom stereocenters. The number of hydrogen-bond donors (Lipinski definition) is 3. The predicted octanol–water partition coefficient (Wildman–Crippen LogP) is 2.15. The number of amides is 1.